The first kappa shape index (κ1) is 13.8. The third-order valence-corrected chi connectivity index (χ3v) is 3.91. The van der Waals surface area contributed by atoms with Crippen molar-refractivity contribution in [2.75, 3.05) is 5.73 Å². The fraction of sp³-hybridized carbons (Fsp3) is 0.286. The van der Waals surface area contributed by atoms with E-state index in [1.807, 2.05) is 31.2 Å². The lowest BCUT2D eigenvalue weighted by atomic mass is 10.1. The molecule has 19 heavy (non-hydrogen) atoms. The molecule has 2 rings (SSSR count). The molecule has 0 aliphatic rings. The highest BCUT2D eigenvalue weighted by molar-refractivity contribution is 9.10. The summed E-state index contributed by atoms with van der Waals surface area (Å²) in [4.78, 5) is 16.1. The van der Waals surface area contributed by atoms with Gasteiger partial charge in [0.05, 0.1) is 12.0 Å². The number of aromatic nitrogens is 2. The summed E-state index contributed by atoms with van der Waals surface area (Å²) < 4.78 is 2.18. The van der Waals surface area contributed by atoms with Gasteiger partial charge in [0.1, 0.15) is 4.47 Å². The highest BCUT2D eigenvalue weighted by atomic mass is 79.9. The number of rotatable bonds is 4. The third kappa shape index (κ3) is 3.44. The van der Waals surface area contributed by atoms with Gasteiger partial charge in [0, 0.05) is 12.2 Å². The fourth-order valence-electron chi connectivity index (χ4n) is 1.84. The number of benzene rings is 1. The summed E-state index contributed by atoms with van der Waals surface area (Å²) in [6, 6.07) is 7.82. The number of aryl methyl sites for hydroxylation is 3. The van der Waals surface area contributed by atoms with Gasteiger partial charge < -0.3 is 5.73 Å². The summed E-state index contributed by atoms with van der Waals surface area (Å²) in [6.45, 7) is 2.47. The first-order valence-electron chi connectivity index (χ1n) is 6.14. The summed E-state index contributed by atoms with van der Waals surface area (Å²) in [5, 5.41) is 0. The second-order valence-corrected chi connectivity index (χ2v) is 5.28. The van der Waals surface area contributed by atoms with Crippen molar-refractivity contribution in [3.8, 4) is 0 Å². The lowest BCUT2D eigenvalue weighted by Gasteiger charge is -2.07. The molecular formula is C14H16BrN3O. The molecule has 4 nitrogen and oxygen atoms in total. The molecule has 0 spiro atoms. The second-order valence-electron chi connectivity index (χ2n) is 4.49. The van der Waals surface area contributed by atoms with E-state index in [-0.39, 0.29) is 5.56 Å². The van der Waals surface area contributed by atoms with Crippen molar-refractivity contribution in [1.82, 2.24) is 9.55 Å². The Morgan fingerprint density at radius 3 is 2.68 bits per heavy atom. The minimum Gasteiger partial charge on any atom is -0.399 e. The number of hydrogen-bond donors (Lipinski definition) is 1. The van der Waals surface area contributed by atoms with Crippen LogP contribution in [0.15, 0.2) is 39.9 Å². The third-order valence-electron chi connectivity index (χ3n) is 3.00. The van der Waals surface area contributed by atoms with Crippen LogP contribution in [0.4, 0.5) is 5.69 Å². The van der Waals surface area contributed by atoms with Crippen LogP contribution in [0.5, 0.6) is 0 Å². The molecule has 0 atom stereocenters. The zero-order valence-corrected chi connectivity index (χ0v) is 12.4. The number of nitrogens with zero attached hydrogens (tertiary/aromatic N) is 2. The molecule has 0 unspecified atom stereocenters. The summed E-state index contributed by atoms with van der Waals surface area (Å²) in [6.07, 6.45) is 3.41. The normalized spacial score (nSPS) is 10.6. The molecule has 0 amide bonds. The quantitative estimate of drug-likeness (QED) is 0.880. The Kier molecular flexibility index (Phi) is 4.37. The molecular weight excluding hydrogens is 306 g/mol. The van der Waals surface area contributed by atoms with Crippen LogP contribution in [-0.4, -0.2) is 9.55 Å². The average molecular weight is 322 g/mol. The summed E-state index contributed by atoms with van der Waals surface area (Å²) in [5.41, 5.74) is 8.33. The largest absolute Gasteiger partial charge is 0.399 e. The predicted molar refractivity (Wildman–Crippen MR) is 80.1 cm³/mol. The highest BCUT2D eigenvalue weighted by Gasteiger charge is 2.04. The predicted octanol–water partition coefficient (Wildman–Crippen LogP) is 2.53. The maximum atomic E-state index is 11.9. The molecule has 0 saturated carbocycles. The standard InChI is InChI=1S/C14H16BrN3O/c1-10-13(15)14(19)18(9-17-10)8-2-3-11-4-6-12(16)7-5-11/h4-7,9H,2-3,8,16H2,1H3. The van der Waals surface area contributed by atoms with E-state index in [1.165, 1.54) is 5.56 Å². The van der Waals surface area contributed by atoms with Crippen LogP contribution in [0, 0.1) is 6.92 Å². The lowest BCUT2D eigenvalue weighted by Crippen LogP contribution is -2.22. The molecule has 0 radical (unpaired) electrons. The van der Waals surface area contributed by atoms with Gasteiger partial charge in [0.25, 0.3) is 5.56 Å². The first-order valence-corrected chi connectivity index (χ1v) is 6.93. The molecule has 5 heteroatoms. The van der Waals surface area contributed by atoms with Crippen LogP contribution in [0.3, 0.4) is 0 Å². The summed E-state index contributed by atoms with van der Waals surface area (Å²) in [5.74, 6) is 0. The van der Waals surface area contributed by atoms with E-state index >= 15 is 0 Å². The Morgan fingerprint density at radius 2 is 2.00 bits per heavy atom. The van der Waals surface area contributed by atoms with Gasteiger partial charge in [-0.3, -0.25) is 9.36 Å². The molecule has 0 aliphatic carbocycles. The van der Waals surface area contributed by atoms with E-state index < -0.39 is 0 Å². The van der Waals surface area contributed by atoms with Crippen LogP contribution in [0.1, 0.15) is 17.7 Å². The van der Waals surface area contributed by atoms with Crippen LogP contribution >= 0.6 is 15.9 Å². The van der Waals surface area contributed by atoms with Gasteiger partial charge in [0.15, 0.2) is 0 Å². The van der Waals surface area contributed by atoms with E-state index in [9.17, 15) is 4.79 Å². The number of halogens is 1. The SMILES string of the molecule is Cc1ncn(CCCc2ccc(N)cc2)c(=O)c1Br. The van der Waals surface area contributed by atoms with Crippen LogP contribution in [0.25, 0.3) is 0 Å². The molecule has 2 aromatic rings. The fourth-order valence-corrected chi connectivity index (χ4v) is 2.17. The maximum absolute atomic E-state index is 11.9. The summed E-state index contributed by atoms with van der Waals surface area (Å²) in [7, 11) is 0. The van der Waals surface area contributed by atoms with Gasteiger partial charge in [0.2, 0.25) is 0 Å². The van der Waals surface area contributed by atoms with Crippen molar-refractivity contribution in [3.63, 3.8) is 0 Å². The second kappa shape index (κ2) is 6.02. The number of nitrogens with two attached hydrogens (primary N) is 1. The van der Waals surface area contributed by atoms with Gasteiger partial charge >= 0.3 is 0 Å². The molecule has 100 valence electrons. The van der Waals surface area contributed by atoms with Crippen molar-refractivity contribution < 1.29 is 0 Å². The van der Waals surface area contributed by atoms with Gasteiger partial charge in [-0.25, -0.2) is 4.98 Å². The van der Waals surface area contributed by atoms with E-state index in [2.05, 4.69) is 20.9 Å². The van der Waals surface area contributed by atoms with Gasteiger partial charge in [-0.05, 0) is 53.4 Å². The van der Waals surface area contributed by atoms with Crippen LogP contribution in [-0.2, 0) is 13.0 Å². The minimum absolute atomic E-state index is 0.0233. The highest BCUT2D eigenvalue weighted by Crippen LogP contribution is 2.09. The van der Waals surface area contributed by atoms with E-state index in [0.717, 1.165) is 24.2 Å². The molecule has 0 fully saturated rings. The Bertz CT molecular complexity index is 620. The topological polar surface area (TPSA) is 60.9 Å². The van der Waals surface area contributed by atoms with Crippen molar-refractivity contribution in [2.24, 2.45) is 0 Å². The van der Waals surface area contributed by atoms with Crippen molar-refractivity contribution >= 4 is 21.6 Å². The number of nitrogen functional groups attached to an aromatic ring is 1. The smallest absolute Gasteiger partial charge is 0.267 e. The van der Waals surface area contributed by atoms with Crippen molar-refractivity contribution in [3.05, 3.63) is 56.7 Å². The van der Waals surface area contributed by atoms with Crippen LogP contribution in [0.2, 0.25) is 0 Å². The van der Waals surface area contributed by atoms with E-state index in [0.29, 0.717) is 11.0 Å². The van der Waals surface area contributed by atoms with E-state index in [1.54, 1.807) is 10.9 Å². The first-order chi connectivity index (χ1) is 9.08. The average Bonchev–Trinajstić information content (AvgIpc) is 2.41. The van der Waals surface area contributed by atoms with Gasteiger partial charge in [-0.2, -0.15) is 0 Å². The Labute approximate surface area is 120 Å². The van der Waals surface area contributed by atoms with Crippen LogP contribution < -0.4 is 11.3 Å². The molecule has 0 aliphatic heterocycles. The number of anilines is 1. The zero-order chi connectivity index (χ0) is 13.8. The van der Waals surface area contributed by atoms with Gasteiger partial charge in [-0.15, -0.1) is 0 Å². The van der Waals surface area contributed by atoms with Crippen molar-refractivity contribution in [1.29, 1.82) is 0 Å². The molecule has 1 heterocycles. The molecule has 2 N–H and O–H groups in total. The Morgan fingerprint density at radius 1 is 1.32 bits per heavy atom. The molecule has 1 aromatic carbocycles. The van der Waals surface area contributed by atoms with Crippen molar-refractivity contribution in [2.45, 2.75) is 26.3 Å². The van der Waals surface area contributed by atoms with E-state index in [4.69, 9.17) is 5.73 Å². The number of hydrogen-bond acceptors (Lipinski definition) is 3. The Balaban J connectivity index is 1.98. The minimum atomic E-state index is -0.0233. The van der Waals surface area contributed by atoms with Gasteiger partial charge in [-0.1, -0.05) is 12.1 Å². The molecule has 0 saturated heterocycles. The lowest BCUT2D eigenvalue weighted by molar-refractivity contribution is 0.606. The maximum Gasteiger partial charge on any atom is 0.267 e. The zero-order valence-electron chi connectivity index (χ0n) is 10.8. The molecule has 0 bridgehead atoms. The monoisotopic (exact) mass is 321 g/mol. The summed E-state index contributed by atoms with van der Waals surface area (Å²) >= 11 is 3.27. The Hall–Kier alpha value is -1.62. The molecule has 1 aromatic heterocycles.